The van der Waals surface area contributed by atoms with E-state index in [0.29, 0.717) is 0 Å². The fourth-order valence-corrected chi connectivity index (χ4v) is 2.34. The molecule has 48 valence electrons. The minimum absolute atomic E-state index is 0.763. The number of fused-ring (bicyclic) bond motifs is 1. The molecule has 0 saturated heterocycles. The summed E-state index contributed by atoms with van der Waals surface area (Å²) < 4.78 is 4.13. The first-order valence-corrected chi connectivity index (χ1v) is 4.02. The molecule has 1 aromatic rings. The smallest absolute Gasteiger partial charge is 0.0444 e. The van der Waals surface area contributed by atoms with Crippen LogP contribution in [0.4, 0.5) is 0 Å². The number of aromatic nitrogens is 1. The van der Waals surface area contributed by atoms with Gasteiger partial charge in [-0.05, 0) is 28.9 Å². The van der Waals surface area contributed by atoms with Crippen molar-refractivity contribution in [1.29, 1.82) is 0 Å². The molecule has 0 saturated carbocycles. The lowest BCUT2D eigenvalue weighted by molar-refractivity contribution is 0.558. The van der Waals surface area contributed by atoms with Gasteiger partial charge < -0.3 is 0 Å². The Balaban J connectivity index is 2.50. The van der Waals surface area contributed by atoms with Crippen LogP contribution in [0.1, 0.15) is 36.1 Å². The monoisotopic (exact) mass is 139 g/mol. The summed E-state index contributed by atoms with van der Waals surface area (Å²) in [6.45, 7) is 4.53. The highest BCUT2D eigenvalue weighted by Crippen LogP contribution is 2.47. The van der Waals surface area contributed by atoms with Crippen molar-refractivity contribution >= 4 is 11.5 Å². The van der Waals surface area contributed by atoms with Gasteiger partial charge in [-0.2, -0.15) is 0 Å². The molecular weight excluding hydrogens is 130 g/mol. The molecule has 2 rings (SSSR count). The third-order valence-electron chi connectivity index (χ3n) is 2.28. The van der Waals surface area contributed by atoms with E-state index in [9.17, 15) is 0 Å². The van der Waals surface area contributed by atoms with Gasteiger partial charge in [0.05, 0.1) is 0 Å². The van der Waals surface area contributed by atoms with Crippen molar-refractivity contribution in [2.45, 2.75) is 25.7 Å². The van der Waals surface area contributed by atoms with Gasteiger partial charge in [-0.3, -0.25) is 0 Å². The Kier molecular flexibility index (Phi) is 0.943. The van der Waals surface area contributed by atoms with Crippen molar-refractivity contribution in [1.82, 2.24) is 4.37 Å². The average Bonchev–Trinajstić information content (AvgIpc) is 2.30. The van der Waals surface area contributed by atoms with Crippen LogP contribution in [-0.4, -0.2) is 4.37 Å². The van der Waals surface area contributed by atoms with Gasteiger partial charge in [0, 0.05) is 11.1 Å². The van der Waals surface area contributed by atoms with Crippen LogP contribution in [0.2, 0.25) is 0 Å². The summed E-state index contributed by atoms with van der Waals surface area (Å²) in [7, 11) is 0. The first-order valence-electron chi connectivity index (χ1n) is 3.25. The maximum absolute atomic E-state index is 4.13. The molecule has 2 unspecified atom stereocenters. The Morgan fingerprint density at radius 2 is 2.22 bits per heavy atom. The first kappa shape index (κ1) is 5.42. The van der Waals surface area contributed by atoms with Crippen LogP contribution >= 0.6 is 11.5 Å². The molecule has 0 fully saturated rings. The highest BCUT2D eigenvalue weighted by Gasteiger charge is 2.32. The second-order valence-corrected chi connectivity index (χ2v) is 3.56. The lowest BCUT2D eigenvalue weighted by atomic mass is 9.77. The topological polar surface area (TPSA) is 12.9 Å². The zero-order chi connectivity index (χ0) is 6.43. The largest absolute Gasteiger partial charge is 0.201 e. The van der Waals surface area contributed by atoms with E-state index in [1.165, 1.54) is 10.4 Å². The summed E-state index contributed by atoms with van der Waals surface area (Å²) in [6, 6.07) is 0. The maximum Gasteiger partial charge on any atom is 0.0444 e. The molecule has 0 aliphatic heterocycles. The van der Waals surface area contributed by atoms with E-state index in [1.807, 2.05) is 6.20 Å². The van der Waals surface area contributed by atoms with E-state index >= 15 is 0 Å². The van der Waals surface area contributed by atoms with Crippen LogP contribution in [0.5, 0.6) is 0 Å². The Morgan fingerprint density at radius 1 is 1.44 bits per heavy atom. The van der Waals surface area contributed by atoms with E-state index in [-0.39, 0.29) is 0 Å². The Morgan fingerprint density at radius 3 is 2.89 bits per heavy atom. The molecule has 2 heteroatoms. The fourth-order valence-electron chi connectivity index (χ4n) is 1.34. The van der Waals surface area contributed by atoms with Gasteiger partial charge in [0.1, 0.15) is 0 Å². The summed E-state index contributed by atoms with van der Waals surface area (Å²) >= 11 is 1.65. The molecule has 1 aliphatic rings. The van der Waals surface area contributed by atoms with Gasteiger partial charge in [0.25, 0.3) is 0 Å². The van der Waals surface area contributed by atoms with Gasteiger partial charge in [-0.1, -0.05) is 13.8 Å². The summed E-state index contributed by atoms with van der Waals surface area (Å²) in [4.78, 5) is 1.50. The summed E-state index contributed by atoms with van der Waals surface area (Å²) in [5, 5.41) is 0. The number of nitrogens with zero attached hydrogens (tertiary/aromatic N) is 1. The van der Waals surface area contributed by atoms with Crippen LogP contribution in [0.15, 0.2) is 6.20 Å². The molecule has 0 radical (unpaired) electrons. The molecular formula is C7H9NS. The van der Waals surface area contributed by atoms with Crippen molar-refractivity contribution in [2.75, 3.05) is 0 Å². The Bertz CT molecular complexity index is 206. The zero-order valence-corrected chi connectivity index (χ0v) is 6.40. The quantitative estimate of drug-likeness (QED) is 0.537. The van der Waals surface area contributed by atoms with Crippen molar-refractivity contribution < 1.29 is 0 Å². The van der Waals surface area contributed by atoms with Gasteiger partial charge in [0.15, 0.2) is 0 Å². The second-order valence-electron chi connectivity index (χ2n) is 2.72. The highest BCUT2D eigenvalue weighted by molar-refractivity contribution is 7.06. The molecule has 0 amide bonds. The van der Waals surface area contributed by atoms with Gasteiger partial charge >= 0.3 is 0 Å². The van der Waals surface area contributed by atoms with E-state index < -0.39 is 0 Å². The first-order chi connectivity index (χ1) is 4.30. The minimum atomic E-state index is 0.763. The van der Waals surface area contributed by atoms with E-state index in [4.69, 9.17) is 0 Å². The average molecular weight is 139 g/mol. The molecule has 1 aliphatic carbocycles. The third-order valence-corrected chi connectivity index (χ3v) is 3.30. The molecule has 0 spiro atoms. The van der Waals surface area contributed by atoms with E-state index in [1.54, 1.807) is 11.5 Å². The van der Waals surface area contributed by atoms with Gasteiger partial charge in [0.2, 0.25) is 0 Å². The number of hydrogen-bond donors (Lipinski definition) is 0. The zero-order valence-electron chi connectivity index (χ0n) is 5.59. The summed E-state index contributed by atoms with van der Waals surface area (Å²) in [5.41, 5.74) is 1.48. The molecule has 1 aromatic heterocycles. The van der Waals surface area contributed by atoms with Crippen LogP contribution in [0, 0.1) is 0 Å². The molecule has 1 heterocycles. The van der Waals surface area contributed by atoms with E-state index in [0.717, 1.165) is 11.8 Å². The van der Waals surface area contributed by atoms with Crippen molar-refractivity contribution in [3.05, 3.63) is 16.6 Å². The second kappa shape index (κ2) is 1.57. The standard InChI is InChI=1S/C7H9NS/c1-4-5(2)7-6(4)3-8-9-7/h3-5H,1-2H3. The lowest BCUT2D eigenvalue weighted by Crippen LogP contribution is -2.15. The molecule has 0 N–H and O–H groups in total. The predicted molar refractivity (Wildman–Crippen MR) is 38.9 cm³/mol. The highest BCUT2D eigenvalue weighted by atomic mass is 32.1. The normalized spacial score (nSPS) is 31.3. The lowest BCUT2D eigenvalue weighted by Gasteiger charge is -2.29. The van der Waals surface area contributed by atoms with Crippen LogP contribution in [-0.2, 0) is 0 Å². The Hall–Kier alpha value is -0.370. The van der Waals surface area contributed by atoms with E-state index in [2.05, 4.69) is 18.2 Å². The molecule has 2 atom stereocenters. The van der Waals surface area contributed by atoms with Gasteiger partial charge in [-0.15, -0.1) is 0 Å². The van der Waals surface area contributed by atoms with Crippen LogP contribution in [0.3, 0.4) is 0 Å². The summed E-state index contributed by atoms with van der Waals surface area (Å²) in [6.07, 6.45) is 2.00. The van der Waals surface area contributed by atoms with Crippen LogP contribution in [0.25, 0.3) is 0 Å². The SMILES string of the molecule is CC1c2cnsc2C1C. The molecule has 0 bridgehead atoms. The number of rotatable bonds is 0. The minimum Gasteiger partial charge on any atom is -0.201 e. The van der Waals surface area contributed by atoms with Crippen molar-refractivity contribution in [3.63, 3.8) is 0 Å². The third kappa shape index (κ3) is 0.517. The van der Waals surface area contributed by atoms with Crippen molar-refractivity contribution in [2.24, 2.45) is 0 Å². The Labute approximate surface area is 58.9 Å². The summed E-state index contributed by atoms with van der Waals surface area (Å²) in [5.74, 6) is 1.53. The molecule has 1 nitrogen and oxygen atoms in total. The maximum atomic E-state index is 4.13. The predicted octanol–water partition coefficient (Wildman–Crippen LogP) is 2.36. The van der Waals surface area contributed by atoms with Crippen molar-refractivity contribution in [3.8, 4) is 0 Å². The fraction of sp³-hybridized carbons (Fsp3) is 0.571. The number of hydrogen-bond acceptors (Lipinski definition) is 2. The molecule has 0 aromatic carbocycles. The van der Waals surface area contributed by atoms with Gasteiger partial charge in [-0.25, -0.2) is 4.37 Å². The van der Waals surface area contributed by atoms with Crippen LogP contribution < -0.4 is 0 Å². The molecule has 9 heavy (non-hydrogen) atoms.